The summed E-state index contributed by atoms with van der Waals surface area (Å²) in [7, 11) is 1.72. The highest BCUT2D eigenvalue weighted by molar-refractivity contribution is 5.61. The Bertz CT molecular complexity index is 415. The molecule has 1 atom stereocenters. The van der Waals surface area contributed by atoms with Gasteiger partial charge < -0.3 is 20.1 Å². The summed E-state index contributed by atoms with van der Waals surface area (Å²) >= 11 is 0. The summed E-state index contributed by atoms with van der Waals surface area (Å²) in [6.45, 7) is 7.81. The van der Waals surface area contributed by atoms with Gasteiger partial charge in [0.25, 0.3) is 0 Å². The van der Waals surface area contributed by atoms with E-state index < -0.39 is 0 Å². The zero-order valence-corrected chi connectivity index (χ0v) is 12.1. The van der Waals surface area contributed by atoms with E-state index >= 15 is 0 Å². The average Bonchev–Trinajstić information content (AvgIpc) is 2.39. The minimum absolute atomic E-state index is 0.318. The number of morpholine rings is 1. The number of ether oxygens (including phenoxy) is 2. The molecule has 0 spiro atoms. The summed E-state index contributed by atoms with van der Waals surface area (Å²) in [6, 6.07) is 4.27. The van der Waals surface area contributed by atoms with E-state index in [2.05, 4.69) is 36.6 Å². The zero-order chi connectivity index (χ0) is 13.7. The maximum Gasteiger partial charge on any atom is 0.144 e. The molecule has 1 aliphatic heterocycles. The van der Waals surface area contributed by atoms with Gasteiger partial charge in [-0.3, -0.25) is 0 Å². The standard InChI is InChI=1S/C15H24N2O2/c1-11-8-12(2)15(18-3)14(9-11)17-5-4-13-10-16-6-7-19-13/h8-9,13,16-17H,4-7,10H2,1-3H3. The molecular formula is C15H24N2O2. The molecule has 19 heavy (non-hydrogen) atoms. The van der Waals surface area contributed by atoms with Gasteiger partial charge in [0, 0.05) is 19.6 Å². The van der Waals surface area contributed by atoms with Gasteiger partial charge in [-0.2, -0.15) is 0 Å². The van der Waals surface area contributed by atoms with Crippen LogP contribution in [0.5, 0.6) is 5.75 Å². The molecule has 4 heteroatoms. The van der Waals surface area contributed by atoms with Crippen LogP contribution in [0.4, 0.5) is 5.69 Å². The molecule has 1 heterocycles. The monoisotopic (exact) mass is 264 g/mol. The van der Waals surface area contributed by atoms with Gasteiger partial charge in [-0.15, -0.1) is 0 Å². The second-order valence-corrected chi connectivity index (χ2v) is 5.08. The second kappa shape index (κ2) is 6.78. The summed E-state index contributed by atoms with van der Waals surface area (Å²) in [5, 5.41) is 6.81. The van der Waals surface area contributed by atoms with Gasteiger partial charge in [0.2, 0.25) is 0 Å². The SMILES string of the molecule is COc1c(C)cc(C)cc1NCCC1CNCCO1. The summed E-state index contributed by atoms with van der Waals surface area (Å²) in [5.74, 6) is 0.938. The lowest BCUT2D eigenvalue weighted by molar-refractivity contribution is 0.0258. The third-order valence-electron chi connectivity index (χ3n) is 3.41. The van der Waals surface area contributed by atoms with Crippen LogP contribution < -0.4 is 15.4 Å². The van der Waals surface area contributed by atoms with E-state index in [9.17, 15) is 0 Å². The Hall–Kier alpha value is -1.26. The molecule has 1 aliphatic rings. The number of aryl methyl sites for hydroxylation is 2. The van der Waals surface area contributed by atoms with Gasteiger partial charge in [-0.25, -0.2) is 0 Å². The maximum absolute atomic E-state index is 5.69. The van der Waals surface area contributed by atoms with E-state index in [4.69, 9.17) is 9.47 Å². The first-order valence-electron chi connectivity index (χ1n) is 6.92. The molecule has 1 fully saturated rings. The lowest BCUT2D eigenvalue weighted by atomic mass is 10.1. The van der Waals surface area contributed by atoms with Gasteiger partial charge in [-0.1, -0.05) is 6.07 Å². The van der Waals surface area contributed by atoms with Crippen molar-refractivity contribution < 1.29 is 9.47 Å². The van der Waals surface area contributed by atoms with Crippen LogP contribution >= 0.6 is 0 Å². The Balaban J connectivity index is 1.91. The van der Waals surface area contributed by atoms with E-state index in [-0.39, 0.29) is 0 Å². The van der Waals surface area contributed by atoms with E-state index in [1.165, 1.54) is 11.1 Å². The molecule has 0 aromatic heterocycles. The van der Waals surface area contributed by atoms with Crippen molar-refractivity contribution in [3.8, 4) is 5.75 Å². The number of rotatable bonds is 5. The van der Waals surface area contributed by atoms with E-state index in [1.54, 1.807) is 7.11 Å². The normalized spacial score (nSPS) is 19.2. The molecule has 1 saturated heterocycles. The fourth-order valence-electron chi connectivity index (χ4n) is 2.53. The Morgan fingerprint density at radius 3 is 2.95 bits per heavy atom. The zero-order valence-electron chi connectivity index (χ0n) is 12.1. The van der Waals surface area contributed by atoms with Crippen LogP contribution in [0.2, 0.25) is 0 Å². The lowest BCUT2D eigenvalue weighted by Crippen LogP contribution is -2.39. The van der Waals surface area contributed by atoms with E-state index in [0.29, 0.717) is 6.10 Å². The minimum Gasteiger partial charge on any atom is -0.494 e. The predicted molar refractivity (Wildman–Crippen MR) is 78.2 cm³/mol. The van der Waals surface area contributed by atoms with Crippen molar-refractivity contribution in [1.29, 1.82) is 0 Å². The Labute approximate surface area is 115 Å². The first-order valence-corrected chi connectivity index (χ1v) is 6.92. The highest BCUT2D eigenvalue weighted by atomic mass is 16.5. The summed E-state index contributed by atoms with van der Waals surface area (Å²) in [5.41, 5.74) is 3.49. The van der Waals surface area contributed by atoms with Crippen molar-refractivity contribution in [3.63, 3.8) is 0 Å². The topological polar surface area (TPSA) is 42.5 Å². The summed E-state index contributed by atoms with van der Waals surface area (Å²) in [4.78, 5) is 0. The Morgan fingerprint density at radius 2 is 2.26 bits per heavy atom. The molecule has 0 aliphatic carbocycles. The molecular weight excluding hydrogens is 240 g/mol. The molecule has 1 aromatic rings. The van der Waals surface area contributed by atoms with Crippen molar-refractivity contribution >= 4 is 5.69 Å². The van der Waals surface area contributed by atoms with E-state index in [1.807, 2.05) is 0 Å². The minimum atomic E-state index is 0.318. The van der Waals surface area contributed by atoms with Gasteiger partial charge in [-0.05, 0) is 37.5 Å². The molecule has 2 N–H and O–H groups in total. The molecule has 0 saturated carbocycles. The largest absolute Gasteiger partial charge is 0.494 e. The predicted octanol–water partition coefficient (Wildman–Crippen LogP) is 2.10. The van der Waals surface area contributed by atoms with Crippen LogP contribution in [-0.2, 0) is 4.74 Å². The van der Waals surface area contributed by atoms with Crippen LogP contribution in [0.15, 0.2) is 12.1 Å². The molecule has 0 amide bonds. The average molecular weight is 264 g/mol. The first-order chi connectivity index (χ1) is 9.20. The molecule has 106 valence electrons. The molecule has 4 nitrogen and oxygen atoms in total. The third-order valence-corrected chi connectivity index (χ3v) is 3.41. The lowest BCUT2D eigenvalue weighted by Gasteiger charge is -2.24. The molecule has 0 bridgehead atoms. The van der Waals surface area contributed by atoms with Crippen LogP contribution in [0.25, 0.3) is 0 Å². The van der Waals surface area contributed by atoms with Gasteiger partial charge in [0.05, 0.1) is 25.5 Å². The second-order valence-electron chi connectivity index (χ2n) is 5.08. The molecule has 0 radical (unpaired) electrons. The van der Waals surface area contributed by atoms with Gasteiger partial charge >= 0.3 is 0 Å². The van der Waals surface area contributed by atoms with Crippen molar-refractivity contribution in [3.05, 3.63) is 23.3 Å². The Kier molecular flexibility index (Phi) is 5.05. The van der Waals surface area contributed by atoms with Crippen molar-refractivity contribution in [2.75, 3.05) is 38.7 Å². The number of hydrogen-bond acceptors (Lipinski definition) is 4. The fourth-order valence-corrected chi connectivity index (χ4v) is 2.53. The number of hydrogen-bond donors (Lipinski definition) is 2. The van der Waals surface area contributed by atoms with Crippen LogP contribution in [-0.4, -0.2) is 39.5 Å². The van der Waals surface area contributed by atoms with Crippen molar-refractivity contribution in [2.24, 2.45) is 0 Å². The number of methoxy groups -OCH3 is 1. The highest BCUT2D eigenvalue weighted by Gasteiger charge is 2.13. The molecule has 1 unspecified atom stereocenters. The molecule has 2 rings (SSSR count). The number of anilines is 1. The van der Waals surface area contributed by atoms with Gasteiger partial charge in [0.1, 0.15) is 5.75 Å². The van der Waals surface area contributed by atoms with Gasteiger partial charge in [0.15, 0.2) is 0 Å². The quantitative estimate of drug-likeness (QED) is 0.854. The summed E-state index contributed by atoms with van der Waals surface area (Å²) < 4.78 is 11.2. The fraction of sp³-hybridized carbons (Fsp3) is 0.600. The van der Waals surface area contributed by atoms with Crippen molar-refractivity contribution in [2.45, 2.75) is 26.4 Å². The smallest absolute Gasteiger partial charge is 0.144 e. The first kappa shape index (κ1) is 14.2. The summed E-state index contributed by atoms with van der Waals surface area (Å²) in [6.07, 6.45) is 1.32. The molecule has 1 aromatic carbocycles. The van der Waals surface area contributed by atoms with Crippen LogP contribution in [0.3, 0.4) is 0 Å². The number of benzene rings is 1. The van der Waals surface area contributed by atoms with Crippen LogP contribution in [0, 0.1) is 13.8 Å². The van der Waals surface area contributed by atoms with Crippen molar-refractivity contribution in [1.82, 2.24) is 5.32 Å². The highest BCUT2D eigenvalue weighted by Crippen LogP contribution is 2.29. The third kappa shape index (κ3) is 3.85. The number of nitrogens with one attached hydrogen (secondary N) is 2. The van der Waals surface area contributed by atoms with E-state index in [0.717, 1.165) is 44.1 Å². The van der Waals surface area contributed by atoms with Crippen LogP contribution in [0.1, 0.15) is 17.5 Å². The maximum atomic E-state index is 5.69. The Morgan fingerprint density at radius 1 is 1.42 bits per heavy atom.